The van der Waals surface area contributed by atoms with Crippen molar-refractivity contribution in [1.82, 2.24) is 0 Å². The van der Waals surface area contributed by atoms with E-state index in [1.807, 2.05) is 0 Å². The molecule has 0 aromatic heterocycles. The maximum Gasteiger partial charge on any atom is 0.280 e. The number of hydrogen-bond donors (Lipinski definition) is 0. The standard InChI is InChI=1S/C10H9NO5/c1-14-7-2-3-9(11(12)13)8(6-7)10-15-4-5-16-10/h2-6,10H,1H3. The minimum Gasteiger partial charge on any atom is -0.497 e. The quantitative estimate of drug-likeness (QED) is 0.579. The van der Waals surface area contributed by atoms with Crippen molar-refractivity contribution < 1.29 is 19.1 Å². The molecule has 1 aromatic rings. The van der Waals surface area contributed by atoms with Gasteiger partial charge < -0.3 is 14.2 Å². The van der Waals surface area contributed by atoms with Crippen molar-refractivity contribution in [3.8, 4) is 5.75 Å². The molecule has 1 heterocycles. The van der Waals surface area contributed by atoms with E-state index in [-0.39, 0.29) is 5.69 Å². The van der Waals surface area contributed by atoms with Crippen LogP contribution in [-0.2, 0) is 9.47 Å². The van der Waals surface area contributed by atoms with Crippen LogP contribution in [0.2, 0.25) is 0 Å². The van der Waals surface area contributed by atoms with Gasteiger partial charge in [0.15, 0.2) is 0 Å². The molecule has 0 saturated carbocycles. The second-order valence-corrected chi connectivity index (χ2v) is 3.06. The molecule has 1 aromatic carbocycles. The van der Waals surface area contributed by atoms with Crippen LogP contribution in [0.5, 0.6) is 5.75 Å². The van der Waals surface area contributed by atoms with E-state index < -0.39 is 11.2 Å². The Morgan fingerprint density at radius 1 is 1.38 bits per heavy atom. The third-order valence-corrected chi connectivity index (χ3v) is 2.15. The summed E-state index contributed by atoms with van der Waals surface area (Å²) in [5.41, 5.74) is 0.267. The fourth-order valence-corrected chi connectivity index (χ4v) is 1.40. The van der Waals surface area contributed by atoms with Gasteiger partial charge in [0, 0.05) is 6.07 Å². The average molecular weight is 223 g/mol. The molecule has 6 nitrogen and oxygen atoms in total. The van der Waals surface area contributed by atoms with E-state index in [4.69, 9.17) is 14.2 Å². The first kappa shape index (κ1) is 10.3. The van der Waals surface area contributed by atoms with Crippen LogP contribution in [-0.4, -0.2) is 12.0 Å². The molecule has 0 N–H and O–H groups in total. The Morgan fingerprint density at radius 2 is 2.06 bits per heavy atom. The Kier molecular flexibility index (Phi) is 2.63. The van der Waals surface area contributed by atoms with Gasteiger partial charge in [-0.15, -0.1) is 0 Å². The second kappa shape index (κ2) is 4.09. The summed E-state index contributed by atoms with van der Waals surface area (Å²) in [5, 5.41) is 10.8. The molecule has 16 heavy (non-hydrogen) atoms. The van der Waals surface area contributed by atoms with Crippen molar-refractivity contribution in [2.24, 2.45) is 0 Å². The number of ether oxygens (including phenoxy) is 3. The van der Waals surface area contributed by atoms with E-state index in [2.05, 4.69) is 0 Å². The third-order valence-electron chi connectivity index (χ3n) is 2.15. The minimum absolute atomic E-state index is 0.0606. The van der Waals surface area contributed by atoms with Crippen LogP contribution < -0.4 is 4.74 Å². The first-order valence-electron chi connectivity index (χ1n) is 4.50. The molecule has 1 aliphatic heterocycles. The van der Waals surface area contributed by atoms with E-state index in [1.54, 1.807) is 0 Å². The lowest BCUT2D eigenvalue weighted by Gasteiger charge is -2.11. The fourth-order valence-electron chi connectivity index (χ4n) is 1.40. The minimum atomic E-state index is -0.782. The first-order chi connectivity index (χ1) is 7.72. The second-order valence-electron chi connectivity index (χ2n) is 3.06. The number of nitrogens with zero attached hydrogens (tertiary/aromatic N) is 1. The highest BCUT2D eigenvalue weighted by Gasteiger charge is 2.26. The SMILES string of the molecule is COc1ccc([N+](=O)[O-])c(C2OC=CO2)c1. The van der Waals surface area contributed by atoms with Gasteiger partial charge in [-0.3, -0.25) is 10.1 Å². The Hall–Kier alpha value is -2.24. The molecule has 2 rings (SSSR count). The smallest absolute Gasteiger partial charge is 0.280 e. The first-order valence-corrected chi connectivity index (χ1v) is 4.50. The summed E-state index contributed by atoms with van der Waals surface area (Å²) < 4.78 is 15.1. The summed E-state index contributed by atoms with van der Waals surface area (Å²) in [6.07, 6.45) is 1.90. The Morgan fingerprint density at radius 3 is 2.62 bits per heavy atom. The molecule has 6 heteroatoms. The molecule has 1 aliphatic rings. The number of methoxy groups -OCH3 is 1. The predicted octanol–water partition coefficient (Wildman–Crippen LogP) is 2.12. The van der Waals surface area contributed by atoms with Crippen molar-refractivity contribution in [3.63, 3.8) is 0 Å². The highest BCUT2D eigenvalue weighted by molar-refractivity contribution is 5.46. The molecule has 0 saturated heterocycles. The number of benzene rings is 1. The highest BCUT2D eigenvalue weighted by atomic mass is 16.7. The van der Waals surface area contributed by atoms with Crippen molar-refractivity contribution >= 4 is 5.69 Å². The van der Waals surface area contributed by atoms with Crippen LogP contribution in [0.4, 0.5) is 5.69 Å². The number of hydrogen-bond acceptors (Lipinski definition) is 5. The molecule has 0 unspecified atom stereocenters. The maximum atomic E-state index is 10.8. The van der Waals surface area contributed by atoms with Gasteiger partial charge in [0.2, 0.25) is 0 Å². The van der Waals surface area contributed by atoms with Crippen LogP contribution in [0, 0.1) is 10.1 Å². The van der Waals surface area contributed by atoms with Crippen molar-refractivity contribution in [3.05, 3.63) is 46.4 Å². The molecule has 0 atom stereocenters. The third kappa shape index (κ3) is 1.77. The van der Waals surface area contributed by atoms with Crippen LogP contribution in [0.1, 0.15) is 11.9 Å². The normalized spacial score (nSPS) is 14.3. The number of nitro benzene ring substituents is 1. The van der Waals surface area contributed by atoms with Gasteiger partial charge in [-0.25, -0.2) is 0 Å². The van der Waals surface area contributed by atoms with E-state index in [0.717, 1.165) is 0 Å². The van der Waals surface area contributed by atoms with Gasteiger partial charge in [0.25, 0.3) is 12.0 Å². The van der Waals surface area contributed by atoms with E-state index >= 15 is 0 Å². The van der Waals surface area contributed by atoms with Crippen LogP contribution in [0.15, 0.2) is 30.7 Å². The van der Waals surface area contributed by atoms with Gasteiger partial charge in [0.05, 0.1) is 12.0 Å². The van der Waals surface area contributed by atoms with Gasteiger partial charge >= 0.3 is 0 Å². The van der Waals surface area contributed by atoms with E-state index in [9.17, 15) is 10.1 Å². The topological polar surface area (TPSA) is 70.8 Å². The Bertz CT molecular complexity index is 435. The largest absolute Gasteiger partial charge is 0.497 e. The lowest BCUT2D eigenvalue weighted by molar-refractivity contribution is -0.386. The molecule has 84 valence electrons. The summed E-state index contributed by atoms with van der Waals surface area (Å²) in [4.78, 5) is 10.3. The van der Waals surface area contributed by atoms with Crippen LogP contribution >= 0.6 is 0 Å². The summed E-state index contributed by atoms with van der Waals surface area (Å²) in [5.74, 6) is 0.514. The maximum absolute atomic E-state index is 10.8. The molecular formula is C10H9NO5. The molecular weight excluding hydrogens is 214 g/mol. The Labute approximate surface area is 91.2 Å². The molecule has 0 amide bonds. The van der Waals surface area contributed by atoms with Gasteiger partial charge in [0.1, 0.15) is 23.8 Å². The van der Waals surface area contributed by atoms with Crippen molar-refractivity contribution in [2.45, 2.75) is 6.29 Å². The predicted molar refractivity (Wildman–Crippen MR) is 53.7 cm³/mol. The van der Waals surface area contributed by atoms with Crippen LogP contribution in [0.25, 0.3) is 0 Å². The average Bonchev–Trinajstić information content (AvgIpc) is 2.81. The summed E-state index contributed by atoms with van der Waals surface area (Å²) in [7, 11) is 1.49. The van der Waals surface area contributed by atoms with Gasteiger partial charge in [-0.05, 0) is 12.1 Å². The molecule has 0 radical (unpaired) electrons. The molecule has 0 fully saturated rings. The zero-order chi connectivity index (χ0) is 11.5. The summed E-state index contributed by atoms with van der Waals surface area (Å²) >= 11 is 0. The zero-order valence-corrected chi connectivity index (χ0v) is 8.45. The highest BCUT2D eigenvalue weighted by Crippen LogP contribution is 2.34. The molecule has 0 aliphatic carbocycles. The molecule has 0 spiro atoms. The number of rotatable bonds is 3. The van der Waals surface area contributed by atoms with Gasteiger partial charge in [-0.2, -0.15) is 0 Å². The van der Waals surface area contributed by atoms with Crippen molar-refractivity contribution in [1.29, 1.82) is 0 Å². The molecule has 0 bridgehead atoms. The van der Waals surface area contributed by atoms with Gasteiger partial charge in [-0.1, -0.05) is 0 Å². The van der Waals surface area contributed by atoms with E-state index in [0.29, 0.717) is 11.3 Å². The lowest BCUT2D eigenvalue weighted by Crippen LogP contribution is -2.03. The Balaban J connectivity index is 2.41. The monoisotopic (exact) mass is 223 g/mol. The fraction of sp³-hybridized carbons (Fsp3) is 0.200. The van der Waals surface area contributed by atoms with E-state index in [1.165, 1.54) is 37.8 Å². The summed E-state index contributed by atoms with van der Waals surface area (Å²) in [6.45, 7) is 0. The number of nitro groups is 1. The van der Waals surface area contributed by atoms with Crippen molar-refractivity contribution in [2.75, 3.05) is 7.11 Å². The lowest BCUT2D eigenvalue weighted by atomic mass is 10.1. The zero-order valence-electron chi connectivity index (χ0n) is 8.45. The summed E-state index contributed by atoms with van der Waals surface area (Å²) in [6, 6.07) is 4.40. The van der Waals surface area contributed by atoms with Crippen LogP contribution in [0.3, 0.4) is 0 Å².